The smallest absolute Gasteiger partial charge is 0.381 e. The lowest BCUT2D eigenvalue weighted by molar-refractivity contribution is -0.132. The summed E-state index contributed by atoms with van der Waals surface area (Å²) in [5.41, 5.74) is -2.32. The molecule has 0 aromatic heterocycles. The van der Waals surface area contributed by atoms with Gasteiger partial charge in [0.05, 0.1) is 0 Å². The van der Waals surface area contributed by atoms with Crippen LogP contribution in [0.5, 0.6) is 0 Å². The molecule has 1 unspecified atom stereocenters. The standard InChI is InChI=1S/C26H32ClF3N4OS/c27-20-5-9-23(10-6-20)33-17-15-32(16-18-33)13-2-4-25(35)34-14-1-3-22(19-34)31-21-7-11-24(12-8-21)36-26(28,29)30/h5-12,22,31H,1-4,13-19H2. The number of nitrogens with one attached hydrogen (secondary N) is 1. The van der Waals surface area contributed by atoms with Crippen LogP contribution in [0, 0.1) is 0 Å². The van der Waals surface area contributed by atoms with E-state index < -0.39 is 5.51 Å². The number of nitrogens with zero attached hydrogens (tertiary/aromatic N) is 3. The number of thioether (sulfide) groups is 1. The van der Waals surface area contributed by atoms with Gasteiger partial charge in [-0.25, -0.2) is 0 Å². The Hall–Kier alpha value is -2.10. The van der Waals surface area contributed by atoms with Crippen LogP contribution in [0.15, 0.2) is 53.4 Å². The molecule has 0 spiro atoms. The van der Waals surface area contributed by atoms with E-state index in [0.717, 1.165) is 69.2 Å². The van der Waals surface area contributed by atoms with Crippen LogP contribution in [-0.2, 0) is 4.79 Å². The van der Waals surface area contributed by atoms with Crippen LogP contribution in [0.25, 0.3) is 0 Å². The van der Waals surface area contributed by atoms with Crippen LogP contribution >= 0.6 is 23.4 Å². The molecule has 2 fully saturated rings. The minimum atomic E-state index is -4.29. The SMILES string of the molecule is O=C(CCCN1CCN(c2ccc(Cl)cc2)CC1)N1CCCC(Nc2ccc(SC(F)(F)F)cc2)C1. The summed E-state index contributed by atoms with van der Waals surface area (Å²) in [6, 6.07) is 14.3. The van der Waals surface area contributed by atoms with Crippen molar-refractivity contribution in [2.45, 2.75) is 42.1 Å². The van der Waals surface area contributed by atoms with Crippen molar-refractivity contribution in [3.63, 3.8) is 0 Å². The molecule has 1 N–H and O–H groups in total. The van der Waals surface area contributed by atoms with Crippen LogP contribution in [0.3, 0.4) is 0 Å². The Kier molecular flexibility index (Phi) is 9.30. The fourth-order valence-corrected chi connectivity index (χ4v) is 5.47. The zero-order valence-corrected chi connectivity index (χ0v) is 21.7. The van der Waals surface area contributed by atoms with Gasteiger partial charge < -0.3 is 15.1 Å². The van der Waals surface area contributed by atoms with E-state index in [1.165, 1.54) is 17.8 Å². The van der Waals surface area contributed by atoms with E-state index in [1.807, 2.05) is 17.0 Å². The first-order chi connectivity index (χ1) is 17.2. The van der Waals surface area contributed by atoms with Gasteiger partial charge in [0.25, 0.3) is 0 Å². The van der Waals surface area contributed by atoms with Crippen molar-refractivity contribution in [2.75, 3.05) is 56.0 Å². The molecule has 36 heavy (non-hydrogen) atoms. The normalized spacial score (nSPS) is 19.4. The lowest BCUT2D eigenvalue weighted by atomic mass is 10.0. The summed E-state index contributed by atoms with van der Waals surface area (Å²) in [6.45, 7) is 6.18. The maximum absolute atomic E-state index is 12.8. The van der Waals surface area contributed by atoms with Gasteiger partial charge in [-0.05, 0) is 86.1 Å². The predicted octanol–water partition coefficient (Wildman–Crippen LogP) is 5.96. The summed E-state index contributed by atoms with van der Waals surface area (Å²) in [7, 11) is 0. The minimum Gasteiger partial charge on any atom is -0.381 e. The lowest BCUT2D eigenvalue weighted by Crippen LogP contribution is -2.47. The van der Waals surface area contributed by atoms with E-state index in [2.05, 4.69) is 27.2 Å². The van der Waals surface area contributed by atoms with Crippen LogP contribution in [0.2, 0.25) is 5.02 Å². The highest BCUT2D eigenvalue weighted by Crippen LogP contribution is 2.37. The number of piperazine rings is 1. The van der Waals surface area contributed by atoms with E-state index in [9.17, 15) is 18.0 Å². The number of hydrogen-bond acceptors (Lipinski definition) is 5. The van der Waals surface area contributed by atoms with Gasteiger partial charge in [0, 0.05) is 73.0 Å². The minimum absolute atomic E-state index is 0.102. The van der Waals surface area contributed by atoms with Gasteiger partial charge in [0.15, 0.2) is 0 Å². The summed E-state index contributed by atoms with van der Waals surface area (Å²) in [4.78, 5) is 19.7. The van der Waals surface area contributed by atoms with Crippen molar-refractivity contribution >= 4 is 40.6 Å². The molecule has 0 saturated carbocycles. The number of carbonyl (C=O) groups is 1. The molecule has 2 saturated heterocycles. The Bertz CT molecular complexity index is 982. The average molecular weight is 541 g/mol. The summed E-state index contributed by atoms with van der Waals surface area (Å²) in [5.74, 6) is 0.179. The zero-order chi connectivity index (χ0) is 25.5. The van der Waals surface area contributed by atoms with E-state index in [-0.39, 0.29) is 28.6 Å². The molecule has 2 aromatic rings. The first kappa shape index (κ1) is 26.9. The highest BCUT2D eigenvalue weighted by atomic mass is 35.5. The molecular weight excluding hydrogens is 509 g/mol. The van der Waals surface area contributed by atoms with Gasteiger partial charge in [-0.2, -0.15) is 13.2 Å². The van der Waals surface area contributed by atoms with Crippen molar-refractivity contribution in [1.82, 2.24) is 9.80 Å². The molecule has 1 atom stereocenters. The van der Waals surface area contributed by atoms with E-state index in [0.29, 0.717) is 13.0 Å². The van der Waals surface area contributed by atoms with Crippen LogP contribution in [-0.4, -0.2) is 73.1 Å². The molecule has 0 bridgehead atoms. The number of rotatable bonds is 8. The van der Waals surface area contributed by atoms with Crippen molar-refractivity contribution in [3.05, 3.63) is 53.6 Å². The van der Waals surface area contributed by atoms with E-state index in [1.54, 1.807) is 12.1 Å². The lowest BCUT2D eigenvalue weighted by Gasteiger charge is -2.36. The van der Waals surface area contributed by atoms with E-state index >= 15 is 0 Å². The summed E-state index contributed by atoms with van der Waals surface area (Å²) in [5, 5.41) is 4.13. The van der Waals surface area contributed by atoms with Gasteiger partial charge in [0.1, 0.15) is 0 Å². The Balaban J connectivity index is 1.16. The maximum Gasteiger partial charge on any atom is 0.446 e. The van der Waals surface area contributed by atoms with Gasteiger partial charge in [-0.15, -0.1) is 0 Å². The molecular formula is C26H32ClF3N4OS. The zero-order valence-electron chi connectivity index (χ0n) is 20.1. The van der Waals surface area contributed by atoms with Crippen molar-refractivity contribution in [1.29, 1.82) is 0 Å². The third kappa shape index (κ3) is 8.21. The Morgan fingerprint density at radius 1 is 1.00 bits per heavy atom. The summed E-state index contributed by atoms with van der Waals surface area (Å²) >= 11 is 5.87. The number of hydrogen-bond donors (Lipinski definition) is 1. The van der Waals surface area contributed by atoms with Crippen LogP contribution in [0.1, 0.15) is 25.7 Å². The molecule has 2 heterocycles. The van der Waals surface area contributed by atoms with Gasteiger partial charge in [-0.1, -0.05) is 11.6 Å². The molecule has 0 radical (unpaired) electrons. The molecule has 2 aliphatic rings. The maximum atomic E-state index is 12.8. The number of halogens is 4. The fraction of sp³-hybridized carbons (Fsp3) is 0.500. The average Bonchev–Trinajstić information content (AvgIpc) is 2.85. The summed E-state index contributed by atoms with van der Waals surface area (Å²) in [6.07, 6.45) is 3.22. The molecule has 0 aliphatic carbocycles. The van der Waals surface area contributed by atoms with Crippen LogP contribution in [0.4, 0.5) is 24.5 Å². The fourth-order valence-electron chi connectivity index (χ4n) is 4.80. The molecule has 1 amide bonds. The summed E-state index contributed by atoms with van der Waals surface area (Å²) < 4.78 is 37.6. The van der Waals surface area contributed by atoms with Crippen molar-refractivity contribution < 1.29 is 18.0 Å². The Morgan fingerprint density at radius 2 is 1.69 bits per heavy atom. The molecule has 2 aromatic carbocycles. The molecule has 196 valence electrons. The highest BCUT2D eigenvalue weighted by Gasteiger charge is 2.29. The topological polar surface area (TPSA) is 38.8 Å². The van der Waals surface area contributed by atoms with Crippen molar-refractivity contribution in [2.24, 2.45) is 0 Å². The molecule has 4 rings (SSSR count). The van der Waals surface area contributed by atoms with Gasteiger partial charge >= 0.3 is 5.51 Å². The van der Waals surface area contributed by atoms with Crippen molar-refractivity contribution in [3.8, 4) is 0 Å². The number of benzene rings is 2. The Morgan fingerprint density at radius 3 is 2.36 bits per heavy atom. The second-order valence-corrected chi connectivity index (χ2v) is 10.9. The van der Waals surface area contributed by atoms with Crippen LogP contribution < -0.4 is 10.2 Å². The monoisotopic (exact) mass is 540 g/mol. The molecule has 10 heteroatoms. The van der Waals surface area contributed by atoms with Gasteiger partial charge in [-0.3, -0.25) is 9.69 Å². The molecule has 5 nitrogen and oxygen atoms in total. The third-order valence-electron chi connectivity index (χ3n) is 6.66. The number of carbonyl (C=O) groups excluding carboxylic acids is 1. The number of piperidine rings is 1. The number of amides is 1. The van der Waals surface area contributed by atoms with Gasteiger partial charge in [0.2, 0.25) is 5.91 Å². The first-order valence-electron chi connectivity index (χ1n) is 12.4. The highest BCUT2D eigenvalue weighted by molar-refractivity contribution is 8.00. The third-order valence-corrected chi connectivity index (χ3v) is 7.65. The first-order valence-corrected chi connectivity index (χ1v) is 13.6. The van der Waals surface area contributed by atoms with E-state index in [4.69, 9.17) is 11.6 Å². The Labute approximate surface area is 219 Å². The quantitative estimate of drug-likeness (QED) is 0.418. The largest absolute Gasteiger partial charge is 0.446 e. The number of anilines is 2. The second-order valence-electron chi connectivity index (χ2n) is 9.30. The molecule has 2 aliphatic heterocycles. The predicted molar refractivity (Wildman–Crippen MR) is 141 cm³/mol. The number of likely N-dealkylation sites (tertiary alicyclic amines) is 1. The second kappa shape index (κ2) is 12.4. The number of alkyl halides is 3.